The summed E-state index contributed by atoms with van der Waals surface area (Å²) in [6.45, 7) is 3.79. The first-order valence-electron chi connectivity index (χ1n) is 4.92. The molecule has 78 valence electrons. The molecule has 0 spiro atoms. The molecule has 0 amide bonds. The van der Waals surface area contributed by atoms with Crippen LogP contribution in [0.25, 0.3) is 0 Å². The van der Waals surface area contributed by atoms with E-state index in [2.05, 4.69) is 0 Å². The highest BCUT2D eigenvalue weighted by Crippen LogP contribution is 2.13. The third-order valence-electron chi connectivity index (χ3n) is 2.06. The molecule has 0 aliphatic heterocycles. The Balaban J connectivity index is 2.64. The molecule has 14 heavy (non-hydrogen) atoms. The lowest BCUT2D eigenvalue weighted by molar-refractivity contribution is 0.0810. The van der Waals surface area contributed by atoms with Crippen LogP contribution in [0.1, 0.15) is 25.0 Å². The number of hydrogen-bond acceptors (Lipinski definition) is 2. The van der Waals surface area contributed by atoms with Crippen molar-refractivity contribution < 1.29 is 10.2 Å². The third kappa shape index (κ3) is 3.90. The van der Waals surface area contributed by atoms with E-state index in [0.717, 1.165) is 11.1 Å². The Morgan fingerprint density at radius 2 is 1.57 bits per heavy atom. The predicted octanol–water partition coefficient (Wildman–Crippen LogP) is 1.53. The number of benzene rings is 1. The van der Waals surface area contributed by atoms with Crippen LogP contribution in [0.15, 0.2) is 24.3 Å². The Morgan fingerprint density at radius 1 is 1.07 bits per heavy atom. The van der Waals surface area contributed by atoms with Crippen LogP contribution in [-0.4, -0.2) is 22.4 Å². The van der Waals surface area contributed by atoms with Gasteiger partial charge in [0.1, 0.15) is 0 Å². The number of rotatable bonds is 4. The first-order chi connectivity index (χ1) is 6.51. The zero-order valence-corrected chi connectivity index (χ0v) is 8.83. The van der Waals surface area contributed by atoms with Gasteiger partial charge in [0.25, 0.3) is 0 Å². The minimum Gasteiger partial charge on any atom is -0.396 e. The summed E-state index contributed by atoms with van der Waals surface area (Å²) in [6, 6.07) is 8.00. The van der Waals surface area contributed by atoms with Crippen LogP contribution in [0.4, 0.5) is 0 Å². The molecule has 0 bridgehead atoms. The molecule has 0 saturated heterocycles. The Hall–Kier alpha value is -0.860. The summed E-state index contributed by atoms with van der Waals surface area (Å²) in [5.41, 5.74) is 1.60. The molecule has 2 nitrogen and oxygen atoms in total. The van der Waals surface area contributed by atoms with Gasteiger partial charge in [-0.1, -0.05) is 24.3 Å². The highest BCUT2D eigenvalue weighted by molar-refractivity contribution is 5.23. The average molecular weight is 194 g/mol. The van der Waals surface area contributed by atoms with E-state index in [4.69, 9.17) is 5.11 Å². The van der Waals surface area contributed by atoms with Gasteiger partial charge in [-0.25, -0.2) is 0 Å². The lowest BCUT2D eigenvalue weighted by Crippen LogP contribution is -2.21. The quantitative estimate of drug-likeness (QED) is 0.763. The number of hydrogen-bond donors (Lipinski definition) is 2. The molecule has 2 heteroatoms. The van der Waals surface area contributed by atoms with Gasteiger partial charge in [-0.05, 0) is 31.4 Å². The molecule has 0 aliphatic rings. The summed E-state index contributed by atoms with van der Waals surface area (Å²) in [5.74, 6) is 0. The Kier molecular flexibility index (Phi) is 3.67. The molecule has 0 atom stereocenters. The second kappa shape index (κ2) is 4.58. The average Bonchev–Trinajstić information content (AvgIpc) is 2.06. The van der Waals surface area contributed by atoms with Crippen molar-refractivity contribution in [1.29, 1.82) is 0 Å². The largest absolute Gasteiger partial charge is 0.396 e. The normalized spacial score (nSPS) is 11.7. The van der Waals surface area contributed by atoms with Crippen molar-refractivity contribution in [3.63, 3.8) is 0 Å². The smallest absolute Gasteiger partial charge is 0.0631 e. The van der Waals surface area contributed by atoms with Crippen LogP contribution in [0.2, 0.25) is 0 Å². The van der Waals surface area contributed by atoms with E-state index in [0.29, 0.717) is 12.8 Å². The Morgan fingerprint density at radius 3 is 2.00 bits per heavy atom. The van der Waals surface area contributed by atoms with E-state index in [1.165, 1.54) is 0 Å². The van der Waals surface area contributed by atoms with E-state index >= 15 is 0 Å². The lowest BCUT2D eigenvalue weighted by atomic mass is 9.97. The highest BCUT2D eigenvalue weighted by Gasteiger charge is 2.12. The molecule has 0 aliphatic carbocycles. The van der Waals surface area contributed by atoms with Crippen LogP contribution in [-0.2, 0) is 12.8 Å². The second-order valence-electron chi connectivity index (χ2n) is 4.28. The number of aliphatic hydroxyl groups excluding tert-OH is 1. The zero-order chi connectivity index (χ0) is 10.6. The minimum absolute atomic E-state index is 0.185. The molecule has 1 rings (SSSR count). The molecule has 2 N–H and O–H groups in total. The van der Waals surface area contributed by atoms with Crippen LogP contribution < -0.4 is 0 Å². The standard InChI is InChI=1S/C12H18O2/c1-12(2,14)9-11-5-3-10(4-6-11)7-8-13/h3-6,13-14H,7-9H2,1-2H3. The summed E-state index contributed by atoms with van der Waals surface area (Å²) < 4.78 is 0. The van der Waals surface area contributed by atoms with Crippen molar-refractivity contribution >= 4 is 0 Å². The van der Waals surface area contributed by atoms with Crippen molar-refractivity contribution in [3.05, 3.63) is 35.4 Å². The summed E-state index contributed by atoms with van der Waals surface area (Å²) in [7, 11) is 0. The van der Waals surface area contributed by atoms with Gasteiger partial charge in [-0.15, -0.1) is 0 Å². The van der Waals surface area contributed by atoms with Crippen LogP contribution in [0.5, 0.6) is 0 Å². The van der Waals surface area contributed by atoms with Crippen LogP contribution in [0.3, 0.4) is 0 Å². The summed E-state index contributed by atoms with van der Waals surface area (Å²) in [6.07, 6.45) is 1.36. The van der Waals surface area contributed by atoms with E-state index in [1.54, 1.807) is 13.8 Å². The lowest BCUT2D eigenvalue weighted by Gasteiger charge is -2.16. The van der Waals surface area contributed by atoms with Gasteiger partial charge < -0.3 is 10.2 Å². The monoisotopic (exact) mass is 194 g/mol. The van der Waals surface area contributed by atoms with Gasteiger partial charge in [0.15, 0.2) is 0 Å². The van der Waals surface area contributed by atoms with E-state index in [9.17, 15) is 5.11 Å². The molecule has 0 heterocycles. The van der Waals surface area contributed by atoms with Gasteiger partial charge in [0, 0.05) is 13.0 Å². The van der Waals surface area contributed by atoms with E-state index in [1.807, 2.05) is 24.3 Å². The maximum absolute atomic E-state index is 9.60. The first-order valence-corrected chi connectivity index (χ1v) is 4.92. The van der Waals surface area contributed by atoms with Crippen molar-refractivity contribution in [1.82, 2.24) is 0 Å². The molecule has 1 aromatic carbocycles. The van der Waals surface area contributed by atoms with Gasteiger partial charge in [0.2, 0.25) is 0 Å². The second-order valence-corrected chi connectivity index (χ2v) is 4.28. The van der Waals surface area contributed by atoms with Crippen molar-refractivity contribution in [2.45, 2.75) is 32.3 Å². The molecule has 0 aromatic heterocycles. The van der Waals surface area contributed by atoms with Gasteiger partial charge in [-0.3, -0.25) is 0 Å². The Labute approximate surface area is 85.2 Å². The van der Waals surface area contributed by atoms with Gasteiger partial charge in [0.05, 0.1) is 5.60 Å². The SMILES string of the molecule is CC(C)(O)Cc1ccc(CCO)cc1. The fourth-order valence-electron chi connectivity index (χ4n) is 1.45. The number of aliphatic hydroxyl groups is 2. The molecule has 1 aromatic rings. The molecule has 0 unspecified atom stereocenters. The summed E-state index contributed by atoms with van der Waals surface area (Å²) >= 11 is 0. The van der Waals surface area contributed by atoms with E-state index < -0.39 is 5.60 Å². The molecule has 0 saturated carbocycles. The third-order valence-corrected chi connectivity index (χ3v) is 2.06. The topological polar surface area (TPSA) is 40.5 Å². The molecular formula is C12H18O2. The maximum Gasteiger partial charge on any atom is 0.0631 e. The fourth-order valence-corrected chi connectivity index (χ4v) is 1.45. The summed E-state index contributed by atoms with van der Waals surface area (Å²) in [5, 5.41) is 18.3. The zero-order valence-electron chi connectivity index (χ0n) is 8.83. The minimum atomic E-state index is -0.654. The maximum atomic E-state index is 9.60. The molecular weight excluding hydrogens is 176 g/mol. The first kappa shape index (κ1) is 11.2. The summed E-state index contributed by atoms with van der Waals surface area (Å²) in [4.78, 5) is 0. The van der Waals surface area contributed by atoms with Gasteiger partial charge in [-0.2, -0.15) is 0 Å². The van der Waals surface area contributed by atoms with Crippen LogP contribution in [0, 0.1) is 0 Å². The molecule has 0 radical (unpaired) electrons. The van der Waals surface area contributed by atoms with Crippen molar-refractivity contribution in [2.75, 3.05) is 6.61 Å². The van der Waals surface area contributed by atoms with Crippen molar-refractivity contribution in [3.8, 4) is 0 Å². The van der Waals surface area contributed by atoms with E-state index in [-0.39, 0.29) is 6.61 Å². The van der Waals surface area contributed by atoms with Crippen LogP contribution >= 0.6 is 0 Å². The van der Waals surface area contributed by atoms with Crippen molar-refractivity contribution in [2.24, 2.45) is 0 Å². The predicted molar refractivity (Wildman–Crippen MR) is 57.2 cm³/mol. The van der Waals surface area contributed by atoms with Gasteiger partial charge >= 0.3 is 0 Å². The Bertz CT molecular complexity index is 269. The fraction of sp³-hybridized carbons (Fsp3) is 0.500. The highest BCUT2D eigenvalue weighted by atomic mass is 16.3. The molecule has 0 fully saturated rings.